The number of nitrogens with zero attached hydrogens (tertiary/aromatic N) is 1. The molecule has 1 aromatic rings. The summed E-state index contributed by atoms with van der Waals surface area (Å²) in [5, 5.41) is 1.39. The normalized spacial score (nSPS) is 18.9. The third-order valence-electron chi connectivity index (χ3n) is 2.52. The summed E-state index contributed by atoms with van der Waals surface area (Å²) in [6.45, 7) is 2.50. The SMILES string of the molecule is C(=Pc1ccccc1)N1CCCCC1. The number of benzene rings is 1. The molecule has 0 amide bonds. The van der Waals surface area contributed by atoms with Gasteiger partial charge in [-0.2, -0.15) is 0 Å². The Kier molecular flexibility index (Phi) is 3.73. The number of rotatable bonds is 2. The van der Waals surface area contributed by atoms with Crippen LogP contribution in [0.25, 0.3) is 0 Å². The predicted molar refractivity (Wildman–Crippen MR) is 64.5 cm³/mol. The molecule has 2 rings (SSSR count). The highest BCUT2D eigenvalue weighted by Crippen LogP contribution is 2.08. The molecule has 1 heterocycles. The highest BCUT2D eigenvalue weighted by atomic mass is 31.1. The van der Waals surface area contributed by atoms with E-state index in [0.29, 0.717) is 0 Å². The van der Waals surface area contributed by atoms with Crippen molar-refractivity contribution in [2.24, 2.45) is 0 Å². The molecule has 0 aliphatic carbocycles. The topological polar surface area (TPSA) is 3.24 Å². The number of piperidine rings is 1. The van der Waals surface area contributed by atoms with E-state index in [0.717, 1.165) is 0 Å². The maximum Gasteiger partial charge on any atom is 0.00837 e. The van der Waals surface area contributed by atoms with E-state index in [2.05, 4.69) is 41.2 Å². The summed E-state index contributed by atoms with van der Waals surface area (Å²) in [6, 6.07) is 10.6. The van der Waals surface area contributed by atoms with Gasteiger partial charge in [0.25, 0.3) is 0 Å². The van der Waals surface area contributed by atoms with Gasteiger partial charge in [-0.1, -0.05) is 45.0 Å². The molecule has 1 saturated heterocycles. The molecular weight excluding hydrogens is 189 g/mol. The molecule has 0 radical (unpaired) electrons. The fourth-order valence-electron chi connectivity index (χ4n) is 1.70. The quantitative estimate of drug-likeness (QED) is 0.670. The largest absolute Gasteiger partial charge is 0.277 e. The Morgan fingerprint density at radius 1 is 1.00 bits per heavy atom. The van der Waals surface area contributed by atoms with Crippen molar-refractivity contribution in [2.45, 2.75) is 19.3 Å². The van der Waals surface area contributed by atoms with Crippen LogP contribution in [0.15, 0.2) is 30.3 Å². The maximum atomic E-state index is 2.46. The van der Waals surface area contributed by atoms with Crippen LogP contribution in [0.3, 0.4) is 0 Å². The summed E-state index contributed by atoms with van der Waals surface area (Å²) in [7, 11) is 1.33. The van der Waals surface area contributed by atoms with E-state index in [1.807, 2.05) is 0 Å². The highest BCUT2D eigenvalue weighted by molar-refractivity contribution is 7.47. The molecule has 1 nitrogen and oxygen atoms in total. The van der Waals surface area contributed by atoms with Gasteiger partial charge in [0.05, 0.1) is 0 Å². The first-order valence-corrected chi connectivity index (χ1v) is 6.25. The summed E-state index contributed by atoms with van der Waals surface area (Å²) in [6.07, 6.45) is 4.13. The molecule has 1 aromatic carbocycles. The van der Waals surface area contributed by atoms with E-state index in [1.165, 1.54) is 45.9 Å². The maximum absolute atomic E-state index is 2.46. The van der Waals surface area contributed by atoms with Gasteiger partial charge < -0.3 is 0 Å². The smallest absolute Gasteiger partial charge is 0.00837 e. The molecule has 0 saturated carbocycles. The second-order valence-electron chi connectivity index (χ2n) is 3.68. The van der Waals surface area contributed by atoms with Crippen LogP contribution in [-0.2, 0) is 0 Å². The van der Waals surface area contributed by atoms with E-state index in [1.54, 1.807) is 0 Å². The van der Waals surface area contributed by atoms with Gasteiger partial charge in [-0.3, -0.25) is 4.90 Å². The first-order chi connectivity index (χ1) is 6.95. The average Bonchev–Trinajstić information content (AvgIpc) is 2.29. The number of hydrogen-bond donors (Lipinski definition) is 0. The molecule has 0 N–H and O–H groups in total. The molecular formula is C12H16NP. The van der Waals surface area contributed by atoms with Crippen LogP contribution in [0.4, 0.5) is 0 Å². The molecule has 0 unspecified atom stereocenters. The van der Waals surface area contributed by atoms with Crippen molar-refractivity contribution >= 4 is 19.4 Å². The van der Waals surface area contributed by atoms with Crippen molar-refractivity contribution in [1.29, 1.82) is 0 Å². The van der Waals surface area contributed by atoms with Crippen LogP contribution in [0, 0.1) is 0 Å². The van der Waals surface area contributed by atoms with Crippen LogP contribution >= 0.6 is 8.20 Å². The number of hydrogen-bond acceptors (Lipinski definition) is 0. The van der Waals surface area contributed by atoms with E-state index in [9.17, 15) is 0 Å². The predicted octanol–water partition coefficient (Wildman–Crippen LogP) is 2.50. The van der Waals surface area contributed by atoms with Crippen LogP contribution in [0.1, 0.15) is 19.3 Å². The zero-order valence-corrected chi connectivity index (χ0v) is 9.29. The average molecular weight is 205 g/mol. The molecule has 0 atom stereocenters. The van der Waals surface area contributed by atoms with Crippen molar-refractivity contribution in [3.05, 3.63) is 30.3 Å². The van der Waals surface area contributed by atoms with Gasteiger partial charge in [-0.05, 0) is 12.8 Å². The second kappa shape index (κ2) is 5.29. The third-order valence-corrected chi connectivity index (χ3v) is 3.56. The first kappa shape index (κ1) is 9.89. The molecule has 1 fully saturated rings. The lowest BCUT2D eigenvalue weighted by atomic mass is 10.1. The summed E-state index contributed by atoms with van der Waals surface area (Å²) >= 11 is 0. The van der Waals surface area contributed by atoms with Gasteiger partial charge in [0, 0.05) is 24.3 Å². The Bertz CT molecular complexity index is 288. The lowest BCUT2D eigenvalue weighted by molar-refractivity contribution is 0.355. The first-order valence-electron chi connectivity index (χ1n) is 5.28. The minimum atomic E-state index is 1.25. The van der Waals surface area contributed by atoms with Crippen molar-refractivity contribution in [1.82, 2.24) is 4.90 Å². The summed E-state index contributed by atoms with van der Waals surface area (Å²) in [5.41, 5.74) is 0. The van der Waals surface area contributed by atoms with E-state index >= 15 is 0 Å². The Morgan fingerprint density at radius 2 is 1.71 bits per heavy atom. The molecule has 0 bridgehead atoms. The van der Waals surface area contributed by atoms with Crippen molar-refractivity contribution in [3.8, 4) is 0 Å². The number of likely N-dealkylation sites (tertiary alicyclic amines) is 1. The minimum absolute atomic E-state index is 1.25. The fourth-order valence-corrected chi connectivity index (χ4v) is 2.57. The lowest BCUT2D eigenvalue weighted by Crippen LogP contribution is -2.27. The Labute approximate surface area is 87.5 Å². The molecule has 2 heteroatoms. The molecule has 0 spiro atoms. The molecule has 0 aromatic heterocycles. The highest BCUT2D eigenvalue weighted by Gasteiger charge is 2.05. The molecule has 74 valence electrons. The Balaban J connectivity index is 1.93. The fraction of sp³-hybridized carbons (Fsp3) is 0.417. The van der Waals surface area contributed by atoms with E-state index in [-0.39, 0.29) is 0 Å². The van der Waals surface area contributed by atoms with Crippen molar-refractivity contribution in [2.75, 3.05) is 13.1 Å². The lowest BCUT2D eigenvalue weighted by Gasteiger charge is -2.21. The van der Waals surface area contributed by atoms with Gasteiger partial charge in [-0.15, -0.1) is 0 Å². The summed E-state index contributed by atoms with van der Waals surface area (Å²) in [5.74, 6) is 2.33. The van der Waals surface area contributed by atoms with Gasteiger partial charge >= 0.3 is 0 Å². The van der Waals surface area contributed by atoms with Crippen LogP contribution < -0.4 is 5.30 Å². The van der Waals surface area contributed by atoms with Gasteiger partial charge in [0.15, 0.2) is 0 Å². The summed E-state index contributed by atoms with van der Waals surface area (Å²) in [4.78, 5) is 2.46. The van der Waals surface area contributed by atoms with Gasteiger partial charge in [-0.25, -0.2) is 0 Å². The minimum Gasteiger partial charge on any atom is -0.277 e. The third kappa shape index (κ3) is 2.94. The summed E-state index contributed by atoms with van der Waals surface area (Å²) < 4.78 is 0. The van der Waals surface area contributed by atoms with Crippen LogP contribution in [0.5, 0.6) is 0 Å². The van der Waals surface area contributed by atoms with Gasteiger partial charge in [0.2, 0.25) is 0 Å². The molecule has 1 aliphatic heterocycles. The van der Waals surface area contributed by atoms with Crippen LogP contribution in [-0.4, -0.2) is 23.9 Å². The molecule has 1 aliphatic rings. The monoisotopic (exact) mass is 205 g/mol. The van der Waals surface area contributed by atoms with Crippen molar-refractivity contribution in [3.63, 3.8) is 0 Å². The Morgan fingerprint density at radius 3 is 2.43 bits per heavy atom. The van der Waals surface area contributed by atoms with Crippen molar-refractivity contribution < 1.29 is 0 Å². The standard InChI is InChI=1S/C12H16NP/c1-3-7-12(8-4-1)14-11-13-9-5-2-6-10-13/h1,3-4,7-8,11H,2,5-6,9-10H2. The zero-order valence-electron chi connectivity index (χ0n) is 8.39. The van der Waals surface area contributed by atoms with Gasteiger partial charge in [0.1, 0.15) is 0 Å². The molecule has 14 heavy (non-hydrogen) atoms. The Hall–Kier alpha value is -0.650. The van der Waals surface area contributed by atoms with Crippen LogP contribution in [0.2, 0.25) is 0 Å². The zero-order chi connectivity index (χ0) is 9.64. The second-order valence-corrected chi connectivity index (χ2v) is 4.68. The van der Waals surface area contributed by atoms with E-state index in [4.69, 9.17) is 0 Å². The van der Waals surface area contributed by atoms with E-state index < -0.39 is 0 Å².